The molecule has 4 heteroatoms. The van der Waals surface area contributed by atoms with E-state index in [1.807, 2.05) is 36.4 Å². The molecule has 4 nitrogen and oxygen atoms in total. The van der Waals surface area contributed by atoms with Crippen LogP contribution in [-0.4, -0.2) is 15.1 Å². The van der Waals surface area contributed by atoms with Crippen LogP contribution in [0.2, 0.25) is 0 Å². The van der Waals surface area contributed by atoms with Crippen LogP contribution < -0.4 is 5.32 Å². The van der Waals surface area contributed by atoms with Gasteiger partial charge in [-0.1, -0.05) is 48.0 Å². The maximum atomic E-state index is 10.9. The zero-order chi connectivity index (χ0) is 17.9. The maximum absolute atomic E-state index is 10.9. The first-order chi connectivity index (χ1) is 12.7. The van der Waals surface area contributed by atoms with E-state index in [1.165, 1.54) is 5.56 Å². The van der Waals surface area contributed by atoms with E-state index in [9.17, 15) is 5.11 Å². The van der Waals surface area contributed by atoms with E-state index in [0.29, 0.717) is 5.52 Å². The number of hydrogen-bond acceptors (Lipinski definition) is 4. The Morgan fingerprint density at radius 3 is 2.50 bits per heavy atom. The van der Waals surface area contributed by atoms with Gasteiger partial charge in [0.2, 0.25) is 0 Å². The number of hydrogen-bond donors (Lipinski definition) is 2. The summed E-state index contributed by atoms with van der Waals surface area (Å²) in [6, 6.07) is 19.7. The highest BCUT2D eigenvalue weighted by atomic mass is 16.3. The standard InChI is InChI=1S/C22H19N3O/c1-15-6-8-17(9-7-15)20(25-18-5-3-12-23-14-18)19-11-10-16-4-2-13-24-21(16)22(19)26/h2-14,20,25-26H,1H3. The number of fused-ring (bicyclic) bond motifs is 1. The van der Waals surface area contributed by atoms with Gasteiger partial charge in [-0.25, -0.2) is 0 Å². The Hall–Kier alpha value is -3.40. The van der Waals surface area contributed by atoms with E-state index in [2.05, 4.69) is 46.5 Å². The Bertz CT molecular complexity index is 1030. The molecule has 0 saturated carbocycles. The number of anilines is 1. The molecule has 2 aromatic carbocycles. The molecular weight excluding hydrogens is 322 g/mol. The Kier molecular flexibility index (Phi) is 4.23. The van der Waals surface area contributed by atoms with Crippen LogP contribution in [0.4, 0.5) is 5.69 Å². The number of nitrogens with zero attached hydrogens (tertiary/aromatic N) is 2. The van der Waals surface area contributed by atoms with Gasteiger partial charge in [-0.2, -0.15) is 0 Å². The third-order valence-electron chi connectivity index (χ3n) is 4.47. The van der Waals surface area contributed by atoms with Crippen molar-refractivity contribution in [3.05, 3.63) is 95.9 Å². The number of phenols is 1. The monoisotopic (exact) mass is 341 g/mol. The third kappa shape index (κ3) is 3.09. The van der Waals surface area contributed by atoms with Crippen LogP contribution in [0.5, 0.6) is 5.75 Å². The molecule has 1 unspecified atom stereocenters. The van der Waals surface area contributed by atoms with Gasteiger partial charge in [0.15, 0.2) is 0 Å². The molecule has 0 radical (unpaired) electrons. The van der Waals surface area contributed by atoms with Crippen LogP contribution in [0.25, 0.3) is 10.9 Å². The Morgan fingerprint density at radius 2 is 1.73 bits per heavy atom. The highest BCUT2D eigenvalue weighted by Gasteiger charge is 2.20. The Labute approximate surface area is 152 Å². The van der Waals surface area contributed by atoms with Crippen LogP contribution in [0.3, 0.4) is 0 Å². The minimum atomic E-state index is -0.216. The Morgan fingerprint density at radius 1 is 0.923 bits per heavy atom. The van der Waals surface area contributed by atoms with Gasteiger partial charge in [0, 0.05) is 29.5 Å². The van der Waals surface area contributed by atoms with Crippen molar-refractivity contribution in [1.82, 2.24) is 9.97 Å². The molecule has 0 saturated heterocycles. The van der Waals surface area contributed by atoms with Crippen molar-refractivity contribution in [2.75, 3.05) is 5.32 Å². The summed E-state index contributed by atoms with van der Waals surface area (Å²) in [5, 5.41) is 15.3. The predicted octanol–water partition coefficient (Wildman–Crippen LogP) is 4.85. The normalized spacial score (nSPS) is 12.0. The largest absolute Gasteiger partial charge is 0.505 e. The van der Waals surface area contributed by atoms with Gasteiger partial charge >= 0.3 is 0 Å². The van der Waals surface area contributed by atoms with E-state index in [4.69, 9.17) is 0 Å². The zero-order valence-corrected chi connectivity index (χ0v) is 14.4. The van der Waals surface area contributed by atoms with Gasteiger partial charge in [0.1, 0.15) is 11.3 Å². The van der Waals surface area contributed by atoms with Gasteiger partial charge in [0.05, 0.1) is 11.7 Å². The van der Waals surface area contributed by atoms with Crippen LogP contribution >= 0.6 is 0 Å². The minimum Gasteiger partial charge on any atom is -0.505 e. The first-order valence-corrected chi connectivity index (χ1v) is 8.52. The number of aromatic nitrogens is 2. The summed E-state index contributed by atoms with van der Waals surface area (Å²) in [5.41, 5.74) is 4.53. The number of nitrogens with one attached hydrogen (secondary N) is 1. The molecule has 1 atom stereocenters. The van der Waals surface area contributed by atoms with E-state index in [1.54, 1.807) is 18.6 Å². The molecule has 2 aromatic heterocycles. The number of phenolic OH excluding ortho intramolecular Hbond substituents is 1. The van der Waals surface area contributed by atoms with Crippen LogP contribution in [0, 0.1) is 6.92 Å². The lowest BCUT2D eigenvalue weighted by atomic mass is 9.95. The lowest BCUT2D eigenvalue weighted by molar-refractivity contribution is 0.472. The van der Waals surface area contributed by atoms with Gasteiger partial charge < -0.3 is 10.4 Å². The average Bonchev–Trinajstić information content (AvgIpc) is 2.69. The second-order valence-corrected chi connectivity index (χ2v) is 6.31. The molecule has 128 valence electrons. The van der Waals surface area contributed by atoms with Gasteiger partial charge in [-0.05, 0) is 30.7 Å². The molecular formula is C22H19N3O. The second kappa shape index (κ2) is 6.84. The summed E-state index contributed by atoms with van der Waals surface area (Å²) in [6.07, 6.45) is 5.21. The van der Waals surface area contributed by atoms with Crippen LogP contribution in [-0.2, 0) is 0 Å². The number of aryl methyl sites for hydroxylation is 1. The molecule has 0 aliphatic rings. The van der Waals surface area contributed by atoms with Crippen molar-refractivity contribution in [2.45, 2.75) is 13.0 Å². The number of benzene rings is 2. The molecule has 0 amide bonds. The molecule has 2 heterocycles. The molecule has 0 aliphatic carbocycles. The Balaban J connectivity index is 1.84. The summed E-state index contributed by atoms with van der Waals surface area (Å²) >= 11 is 0. The molecule has 0 bridgehead atoms. The molecule has 4 aromatic rings. The van der Waals surface area contributed by atoms with Crippen LogP contribution in [0.1, 0.15) is 22.7 Å². The van der Waals surface area contributed by atoms with E-state index >= 15 is 0 Å². The maximum Gasteiger partial charge on any atom is 0.147 e. The molecule has 2 N–H and O–H groups in total. The van der Waals surface area contributed by atoms with Crippen molar-refractivity contribution < 1.29 is 5.11 Å². The highest BCUT2D eigenvalue weighted by molar-refractivity contribution is 5.86. The fourth-order valence-electron chi connectivity index (χ4n) is 3.09. The topological polar surface area (TPSA) is 58.0 Å². The van der Waals surface area contributed by atoms with Crippen LogP contribution in [0.15, 0.2) is 79.3 Å². The van der Waals surface area contributed by atoms with E-state index < -0.39 is 0 Å². The van der Waals surface area contributed by atoms with E-state index in [0.717, 1.165) is 22.2 Å². The molecule has 4 rings (SSSR count). The molecule has 0 fully saturated rings. The fraction of sp³-hybridized carbons (Fsp3) is 0.0909. The average molecular weight is 341 g/mol. The molecule has 0 spiro atoms. The van der Waals surface area contributed by atoms with Crippen molar-refractivity contribution >= 4 is 16.6 Å². The van der Waals surface area contributed by atoms with Crippen molar-refractivity contribution in [2.24, 2.45) is 0 Å². The third-order valence-corrected chi connectivity index (χ3v) is 4.47. The van der Waals surface area contributed by atoms with Crippen molar-refractivity contribution in [3.63, 3.8) is 0 Å². The highest BCUT2D eigenvalue weighted by Crippen LogP contribution is 2.36. The quantitative estimate of drug-likeness (QED) is 0.557. The van der Waals surface area contributed by atoms with E-state index in [-0.39, 0.29) is 11.8 Å². The summed E-state index contributed by atoms with van der Waals surface area (Å²) in [7, 11) is 0. The predicted molar refractivity (Wildman–Crippen MR) is 104 cm³/mol. The summed E-state index contributed by atoms with van der Waals surface area (Å²) in [6.45, 7) is 2.06. The number of pyridine rings is 2. The van der Waals surface area contributed by atoms with Gasteiger partial charge in [-0.3, -0.25) is 9.97 Å². The van der Waals surface area contributed by atoms with Gasteiger partial charge in [0.25, 0.3) is 0 Å². The second-order valence-electron chi connectivity index (χ2n) is 6.31. The molecule has 26 heavy (non-hydrogen) atoms. The summed E-state index contributed by atoms with van der Waals surface area (Å²) < 4.78 is 0. The van der Waals surface area contributed by atoms with Crippen molar-refractivity contribution in [3.8, 4) is 5.75 Å². The zero-order valence-electron chi connectivity index (χ0n) is 14.4. The first kappa shape index (κ1) is 16.1. The minimum absolute atomic E-state index is 0.199. The first-order valence-electron chi connectivity index (χ1n) is 8.52. The lowest BCUT2D eigenvalue weighted by Gasteiger charge is -2.22. The SMILES string of the molecule is Cc1ccc(C(Nc2cccnc2)c2ccc3cccnc3c2O)cc1. The van der Waals surface area contributed by atoms with Crippen molar-refractivity contribution in [1.29, 1.82) is 0 Å². The summed E-state index contributed by atoms with van der Waals surface area (Å²) in [4.78, 5) is 8.52. The number of aromatic hydroxyl groups is 1. The molecule has 0 aliphatic heterocycles. The fourth-order valence-corrected chi connectivity index (χ4v) is 3.09. The summed E-state index contributed by atoms with van der Waals surface area (Å²) in [5.74, 6) is 0.199. The number of rotatable bonds is 4. The lowest BCUT2D eigenvalue weighted by Crippen LogP contribution is -2.13. The smallest absolute Gasteiger partial charge is 0.147 e. The van der Waals surface area contributed by atoms with Gasteiger partial charge in [-0.15, -0.1) is 0 Å².